The first-order valence-electron chi connectivity index (χ1n) is 6.87. The fourth-order valence-electron chi connectivity index (χ4n) is 2.76. The zero-order valence-corrected chi connectivity index (χ0v) is 11.7. The van der Waals surface area contributed by atoms with Crippen molar-refractivity contribution in [3.63, 3.8) is 0 Å². The largest absolute Gasteiger partial charge is 0.334 e. The molecule has 0 spiro atoms. The Morgan fingerprint density at radius 1 is 1.33 bits per heavy atom. The van der Waals surface area contributed by atoms with Gasteiger partial charge < -0.3 is 10.3 Å². The first-order chi connectivity index (χ1) is 9.98. The van der Waals surface area contributed by atoms with Gasteiger partial charge >= 0.3 is 0 Å². The number of hydrogen-bond acceptors (Lipinski definition) is 6. The topological polar surface area (TPSA) is 108 Å². The molecule has 0 atom stereocenters. The Kier molecular flexibility index (Phi) is 3.21. The maximum Gasteiger partial charge on any atom is 0.270 e. The van der Waals surface area contributed by atoms with Crippen LogP contribution >= 0.6 is 0 Å². The monoisotopic (exact) mass is 288 g/mol. The van der Waals surface area contributed by atoms with Crippen LogP contribution in [-0.4, -0.2) is 15.1 Å². The van der Waals surface area contributed by atoms with Crippen molar-refractivity contribution in [2.75, 3.05) is 0 Å². The van der Waals surface area contributed by atoms with E-state index in [9.17, 15) is 10.1 Å². The van der Waals surface area contributed by atoms with Crippen LogP contribution in [0.3, 0.4) is 0 Å². The van der Waals surface area contributed by atoms with Crippen LogP contribution in [0, 0.1) is 17.0 Å². The van der Waals surface area contributed by atoms with E-state index in [1.807, 2.05) is 0 Å². The molecule has 0 aliphatic heterocycles. The number of non-ortho nitro benzene ring substituents is 1. The second-order valence-electron chi connectivity index (χ2n) is 5.60. The number of aryl methyl sites for hydroxylation is 1. The summed E-state index contributed by atoms with van der Waals surface area (Å²) in [5.41, 5.74) is 7.07. The second kappa shape index (κ2) is 4.92. The van der Waals surface area contributed by atoms with Crippen molar-refractivity contribution in [2.45, 2.75) is 38.1 Å². The van der Waals surface area contributed by atoms with Gasteiger partial charge in [0, 0.05) is 17.7 Å². The number of nitrogens with two attached hydrogens (primary N) is 1. The lowest BCUT2D eigenvalue weighted by Crippen LogP contribution is -2.34. The number of nitro groups is 1. The van der Waals surface area contributed by atoms with E-state index in [1.165, 1.54) is 12.1 Å². The average Bonchev–Trinajstić information content (AvgIpc) is 3.07. The van der Waals surface area contributed by atoms with Gasteiger partial charge in [-0.05, 0) is 31.4 Å². The summed E-state index contributed by atoms with van der Waals surface area (Å²) in [6.07, 6.45) is 3.77. The summed E-state index contributed by atoms with van der Waals surface area (Å²) in [5, 5.41) is 14.9. The van der Waals surface area contributed by atoms with E-state index < -0.39 is 10.5 Å². The highest BCUT2D eigenvalue weighted by Crippen LogP contribution is 2.35. The molecule has 0 unspecified atom stereocenters. The van der Waals surface area contributed by atoms with Gasteiger partial charge in [0.25, 0.3) is 11.6 Å². The maximum atomic E-state index is 10.9. The lowest BCUT2D eigenvalue weighted by atomic mass is 9.98. The van der Waals surface area contributed by atoms with E-state index in [0.29, 0.717) is 11.4 Å². The van der Waals surface area contributed by atoms with Crippen molar-refractivity contribution in [3.8, 4) is 11.5 Å². The highest BCUT2D eigenvalue weighted by atomic mass is 16.6. The molecular formula is C14H16N4O3. The van der Waals surface area contributed by atoms with E-state index in [4.69, 9.17) is 10.3 Å². The van der Waals surface area contributed by atoms with Crippen LogP contribution in [0.25, 0.3) is 11.5 Å². The van der Waals surface area contributed by atoms with Gasteiger partial charge in [-0.25, -0.2) is 0 Å². The quantitative estimate of drug-likeness (QED) is 0.687. The predicted octanol–water partition coefficient (Wildman–Crippen LogP) is 2.68. The zero-order valence-electron chi connectivity index (χ0n) is 11.7. The molecule has 1 fully saturated rings. The van der Waals surface area contributed by atoms with Crippen LogP contribution in [0.5, 0.6) is 0 Å². The number of rotatable bonds is 3. The van der Waals surface area contributed by atoms with Crippen molar-refractivity contribution < 1.29 is 9.45 Å². The van der Waals surface area contributed by atoms with Crippen LogP contribution in [0.15, 0.2) is 22.7 Å². The fraction of sp³-hybridized carbons (Fsp3) is 0.429. The van der Waals surface area contributed by atoms with E-state index in [0.717, 1.165) is 31.2 Å². The summed E-state index contributed by atoms with van der Waals surface area (Å²) in [6.45, 7) is 1.79. The summed E-state index contributed by atoms with van der Waals surface area (Å²) in [7, 11) is 0. The summed E-state index contributed by atoms with van der Waals surface area (Å²) >= 11 is 0. The van der Waals surface area contributed by atoms with Crippen LogP contribution < -0.4 is 5.73 Å². The Morgan fingerprint density at radius 2 is 2.05 bits per heavy atom. The van der Waals surface area contributed by atoms with Gasteiger partial charge in [-0.3, -0.25) is 10.1 Å². The first-order valence-corrected chi connectivity index (χ1v) is 6.87. The van der Waals surface area contributed by atoms with Crippen molar-refractivity contribution in [2.24, 2.45) is 5.73 Å². The molecule has 2 aromatic rings. The van der Waals surface area contributed by atoms with E-state index >= 15 is 0 Å². The molecule has 1 saturated carbocycles. The minimum absolute atomic E-state index is 0.00748. The summed E-state index contributed by atoms with van der Waals surface area (Å²) in [5.74, 6) is 0.757. The molecule has 0 radical (unpaired) electrons. The number of nitrogens with zero attached hydrogens (tertiary/aromatic N) is 3. The number of benzene rings is 1. The Morgan fingerprint density at radius 3 is 2.71 bits per heavy atom. The maximum absolute atomic E-state index is 10.9. The molecule has 2 N–H and O–H groups in total. The Hall–Kier alpha value is -2.28. The number of aromatic nitrogens is 2. The summed E-state index contributed by atoms with van der Waals surface area (Å²) in [6, 6.07) is 4.71. The molecule has 1 heterocycles. The number of nitro benzene ring substituents is 1. The molecule has 7 heteroatoms. The Bertz CT molecular complexity index is 689. The minimum Gasteiger partial charge on any atom is -0.334 e. The Labute approximate surface area is 121 Å². The van der Waals surface area contributed by atoms with Crippen molar-refractivity contribution >= 4 is 5.69 Å². The number of hydrogen-bond donors (Lipinski definition) is 1. The zero-order chi connectivity index (χ0) is 15.0. The molecule has 1 aliphatic carbocycles. The smallest absolute Gasteiger partial charge is 0.270 e. The lowest BCUT2D eigenvalue weighted by molar-refractivity contribution is -0.384. The van der Waals surface area contributed by atoms with Gasteiger partial charge in [0.15, 0.2) is 5.82 Å². The van der Waals surface area contributed by atoms with Crippen LogP contribution in [0.4, 0.5) is 5.69 Å². The summed E-state index contributed by atoms with van der Waals surface area (Å²) < 4.78 is 5.25. The predicted molar refractivity (Wildman–Crippen MR) is 75.5 cm³/mol. The normalized spacial score (nSPS) is 17.0. The molecule has 1 aromatic carbocycles. The molecule has 0 bridgehead atoms. The lowest BCUT2D eigenvalue weighted by Gasteiger charge is -2.17. The Balaban J connectivity index is 1.98. The first kappa shape index (κ1) is 13.7. The molecule has 21 heavy (non-hydrogen) atoms. The molecule has 110 valence electrons. The summed E-state index contributed by atoms with van der Waals surface area (Å²) in [4.78, 5) is 14.8. The molecule has 1 aliphatic rings. The van der Waals surface area contributed by atoms with Crippen molar-refractivity contribution in [1.29, 1.82) is 0 Å². The highest BCUT2D eigenvalue weighted by molar-refractivity contribution is 5.59. The van der Waals surface area contributed by atoms with Crippen LogP contribution in [0.2, 0.25) is 0 Å². The third-order valence-electron chi connectivity index (χ3n) is 3.89. The third-order valence-corrected chi connectivity index (χ3v) is 3.89. The van der Waals surface area contributed by atoms with Gasteiger partial charge in [-0.1, -0.05) is 18.0 Å². The molecule has 3 rings (SSSR count). The van der Waals surface area contributed by atoms with Crippen molar-refractivity contribution in [3.05, 3.63) is 39.7 Å². The van der Waals surface area contributed by atoms with Gasteiger partial charge in [0.1, 0.15) is 0 Å². The molecule has 7 nitrogen and oxygen atoms in total. The van der Waals surface area contributed by atoms with Gasteiger partial charge in [-0.15, -0.1) is 0 Å². The fourth-order valence-corrected chi connectivity index (χ4v) is 2.76. The van der Waals surface area contributed by atoms with Gasteiger partial charge in [-0.2, -0.15) is 4.98 Å². The van der Waals surface area contributed by atoms with Crippen molar-refractivity contribution in [1.82, 2.24) is 10.1 Å². The standard InChI is InChI=1S/C14H16N4O3/c1-9-6-10(8-11(7-9)18(19)20)12-16-13(17-21-12)14(15)4-2-3-5-14/h6-8H,2-5,15H2,1H3. The van der Waals surface area contributed by atoms with E-state index in [2.05, 4.69) is 10.1 Å². The molecule has 0 saturated heterocycles. The minimum atomic E-state index is -0.530. The SMILES string of the molecule is Cc1cc(-c2nc(C3(N)CCCC3)no2)cc([N+](=O)[O-])c1. The molecule has 0 amide bonds. The second-order valence-corrected chi connectivity index (χ2v) is 5.60. The third kappa shape index (κ3) is 2.52. The van der Waals surface area contributed by atoms with E-state index in [-0.39, 0.29) is 11.6 Å². The molecular weight excluding hydrogens is 272 g/mol. The van der Waals surface area contributed by atoms with E-state index in [1.54, 1.807) is 13.0 Å². The molecule has 1 aromatic heterocycles. The average molecular weight is 288 g/mol. The van der Waals surface area contributed by atoms with Gasteiger partial charge in [0.2, 0.25) is 0 Å². The highest BCUT2D eigenvalue weighted by Gasteiger charge is 2.36. The van der Waals surface area contributed by atoms with Gasteiger partial charge in [0.05, 0.1) is 10.5 Å². The van der Waals surface area contributed by atoms with Crippen LogP contribution in [-0.2, 0) is 5.54 Å². The van der Waals surface area contributed by atoms with Crippen LogP contribution in [0.1, 0.15) is 37.1 Å².